The molecule has 3 atom stereocenters. The number of methoxy groups -OCH3 is 1. The molecule has 0 N–H and O–H groups in total. The summed E-state index contributed by atoms with van der Waals surface area (Å²) in [5.41, 5.74) is 0. The molecular formula is C23H30N4O6. The van der Waals surface area contributed by atoms with Gasteiger partial charge in [-0.15, -0.1) is 0 Å². The number of amides is 1. The molecule has 0 saturated carbocycles. The van der Waals surface area contributed by atoms with E-state index in [4.69, 9.17) is 9.47 Å². The summed E-state index contributed by atoms with van der Waals surface area (Å²) in [5.74, 6) is -0.475. The van der Waals surface area contributed by atoms with Crippen molar-refractivity contribution in [2.24, 2.45) is 0 Å². The van der Waals surface area contributed by atoms with Gasteiger partial charge in [0.25, 0.3) is 0 Å². The number of nitrogens with zero attached hydrogens (tertiary/aromatic N) is 4. The summed E-state index contributed by atoms with van der Waals surface area (Å²) in [4.78, 5) is 42.0. The van der Waals surface area contributed by atoms with Crippen LogP contribution >= 0.6 is 0 Å². The second-order valence-corrected chi connectivity index (χ2v) is 8.12. The van der Waals surface area contributed by atoms with Crippen LogP contribution in [0.1, 0.15) is 51.5 Å². The van der Waals surface area contributed by atoms with E-state index in [-0.39, 0.29) is 24.4 Å². The number of imidazole rings is 1. The predicted octanol–water partition coefficient (Wildman–Crippen LogP) is 3.52. The monoisotopic (exact) mass is 458 g/mol. The second kappa shape index (κ2) is 11.4. The summed E-state index contributed by atoms with van der Waals surface area (Å²) in [5, 5.41) is 11.1. The highest BCUT2D eigenvalue weighted by molar-refractivity contribution is 5.87. The van der Waals surface area contributed by atoms with Gasteiger partial charge in [0.2, 0.25) is 12.2 Å². The summed E-state index contributed by atoms with van der Waals surface area (Å²) in [6, 6.07) is 7.73. The van der Waals surface area contributed by atoms with E-state index in [0.29, 0.717) is 18.6 Å². The molecule has 10 nitrogen and oxygen atoms in total. The number of hydrogen-bond acceptors (Lipinski definition) is 7. The molecule has 2 aromatic rings. The molecule has 1 amide bonds. The average Bonchev–Trinajstić information content (AvgIpc) is 3.47. The van der Waals surface area contributed by atoms with Gasteiger partial charge in [-0.05, 0) is 28.5 Å². The fourth-order valence-corrected chi connectivity index (χ4v) is 4.12. The van der Waals surface area contributed by atoms with Gasteiger partial charge in [0, 0.05) is 6.42 Å². The molecule has 3 rings (SSSR count). The van der Waals surface area contributed by atoms with Crippen molar-refractivity contribution in [3.63, 3.8) is 0 Å². The van der Waals surface area contributed by atoms with Crippen LogP contribution in [0.15, 0.2) is 42.9 Å². The largest absolute Gasteiger partial charge is 0.488 e. The molecule has 10 heteroatoms. The number of rotatable bonds is 11. The van der Waals surface area contributed by atoms with E-state index in [1.807, 2.05) is 30.3 Å². The van der Waals surface area contributed by atoms with Crippen LogP contribution in [-0.2, 0) is 14.3 Å². The lowest BCUT2D eigenvalue weighted by molar-refractivity contribution is -0.389. The zero-order chi connectivity index (χ0) is 23.8. The summed E-state index contributed by atoms with van der Waals surface area (Å²) in [6.07, 6.45) is 6.79. The fourth-order valence-electron chi connectivity index (χ4n) is 4.12. The number of carbonyl (C=O) groups excluding carboxylic acids is 2. The highest BCUT2D eigenvalue weighted by Gasteiger charge is 2.44. The molecular weight excluding hydrogens is 428 g/mol. The van der Waals surface area contributed by atoms with E-state index < -0.39 is 23.0 Å². The van der Waals surface area contributed by atoms with Crippen LogP contribution in [0.5, 0.6) is 5.75 Å². The first kappa shape index (κ1) is 24.2. The number of aromatic nitrogens is 2. The normalized spacial score (nSPS) is 18.7. The van der Waals surface area contributed by atoms with E-state index in [1.165, 1.54) is 29.1 Å². The van der Waals surface area contributed by atoms with Crippen LogP contribution < -0.4 is 4.74 Å². The van der Waals surface area contributed by atoms with E-state index in [9.17, 15) is 19.7 Å². The van der Waals surface area contributed by atoms with Crippen molar-refractivity contribution in [1.29, 1.82) is 0 Å². The van der Waals surface area contributed by atoms with Gasteiger partial charge in [-0.25, -0.2) is 4.79 Å². The van der Waals surface area contributed by atoms with Crippen molar-refractivity contribution in [3.8, 4) is 5.75 Å². The first-order chi connectivity index (χ1) is 15.9. The van der Waals surface area contributed by atoms with Crippen molar-refractivity contribution in [3.05, 3.63) is 53.0 Å². The molecule has 0 aliphatic carbocycles. The Hall–Kier alpha value is -3.43. The SMILES string of the molecule is CCCCCCC(C(=O)N1C[C@@H](Oc2ccccc2)C[C@H]1C(=O)OC)n1cnc([N+](=O)[O-])c1. The first-order valence-electron chi connectivity index (χ1n) is 11.2. The molecule has 1 unspecified atom stereocenters. The van der Waals surface area contributed by atoms with Gasteiger partial charge in [0.15, 0.2) is 0 Å². The van der Waals surface area contributed by atoms with Gasteiger partial charge >= 0.3 is 11.8 Å². The van der Waals surface area contributed by atoms with Crippen LogP contribution in [0.2, 0.25) is 0 Å². The maximum atomic E-state index is 13.7. The molecule has 2 heterocycles. The minimum atomic E-state index is -0.784. The summed E-state index contributed by atoms with van der Waals surface area (Å²) >= 11 is 0. The number of carbonyl (C=O) groups is 2. The quantitative estimate of drug-likeness (QED) is 0.219. The highest BCUT2D eigenvalue weighted by Crippen LogP contribution is 2.29. The molecule has 1 aliphatic heterocycles. The maximum Gasteiger partial charge on any atom is 0.381 e. The third-order valence-corrected chi connectivity index (χ3v) is 5.82. The minimum Gasteiger partial charge on any atom is -0.488 e. The smallest absolute Gasteiger partial charge is 0.381 e. The third-order valence-electron chi connectivity index (χ3n) is 5.82. The van der Waals surface area contributed by atoms with Crippen LogP contribution in [0.25, 0.3) is 0 Å². The van der Waals surface area contributed by atoms with Crippen LogP contribution in [0.3, 0.4) is 0 Å². The first-order valence-corrected chi connectivity index (χ1v) is 11.2. The van der Waals surface area contributed by atoms with Gasteiger partial charge in [0.05, 0.1) is 13.7 Å². The van der Waals surface area contributed by atoms with E-state index in [1.54, 1.807) is 0 Å². The predicted molar refractivity (Wildman–Crippen MR) is 120 cm³/mol. The van der Waals surface area contributed by atoms with Gasteiger partial charge < -0.3 is 24.5 Å². The van der Waals surface area contributed by atoms with Gasteiger partial charge in [-0.3, -0.25) is 9.36 Å². The van der Waals surface area contributed by atoms with Crippen LogP contribution in [0.4, 0.5) is 5.82 Å². The Morgan fingerprint density at radius 3 is 2.64 bits per heavy atom. The lowest BCUT2D eigenvalue weighted by Gasteiger charge is -2.27. The Balaban J connectivity index is 1.82. The lowest BCUT2D eigenvalue weighted by Crippen LogP contribution is -2.44. The maximum absolute atomic E-state index is 13.7. The Labute approximate surface area is 192 Å². The molecule has 0 bridgehead atoms. The van der Waals surface area contributed by atoms with Gasteiger partial charge in [0.1, 0.15) is 30.1 Å². The lowest BCUT2D eigenvalue weighted by atomic mass is 10.1. The summed E-state index contributed by atoms with van der Waals surface area (Å²) in [7, 11) is 1.29. The number of esters is 1. The number of hydrogen-bond donors (Lipinski definition) is 0. The summed E-state index contributed by atoms with van der Waals surface area (Å²) in [6.45, 7) is 2.32. The molecule has 0 radical (unpaired) electrons. The van der Waals surface area contributed by atoms with Crippen molar-refractivity contribution in [1.82, 2.24) is 14.5 Å². The Bertz CT molecular complexity index is 947. The molecule has 1 aromatic carbocycles. The Morgan fingerprint density at radius 1 is 1.24 bits per heavy atom. The van der Waals surface area contributed by atoms with Gasteiger partial charge in [-0.2, -0.15) is 0 Å². The van der Waals surface area contributed by atoms with Crippen molar-refractivity contribution in [2.45, 2.75) is 63.6 Å². The van der Waals surface area contributed by atoms with Crippen molar-refractivity contribution < 1.29 is 24.0 Å². The number of ether oxygens (including phenoxy) is 2. The molecule has 0 spiro atoms. The van der Waals surface area contributed by atoms with E-state index in [0.717, 1.165) is 25.7 Å². The third kappa shape index (κ3) is 6.09. The number of para-hydroxylation sites is 1. The van der Waals surface area contributed by atoms with Crippen LogP contribution in [-0.4, -0.2) is 57.1 Å². The second-order valence-electron chi connectivity index (χ2n) is 8.12. The minimum absolute atomic E-state index is 0.218. The average molecular weight is 459 g/mol. The Morgan fingerprint density at radius 2 is 2.00 bits per heavy atom. The molecule has 1 aromatic heterocycles. The number of benzene rings is 1. The Kier molecular flexibility index (Phi) is 8.39. The number of likely N-dealkylation sites (tertiary alicyclic amines) is 1. The zero-order valence-corrected chi connectivity index (χ0v) is 19.0. The van der Waals surface area contributed by atoms with Gasteiger partial charge in [-0.1, -0.05) is 50.8 Å². The van der Waals surface area contributed by atoms with E-state index in [2.05, 4.69) is 11.9 Å². The summed E-state index contributed by atoms with van der Waals surface area (Å²) < 4.78 is 12.4. The fraction of sp³-hybridized carbons (Fsp3) is 0.522. The van der Waals surface area contributed by atoms with Crippen molar-refractivity contribution >= 4 is 17.7 Å². The molecule has 1 saturated heterocycles. The molecule has 1 fully saturated rings. The number of unbranched alkanes of at least 4 members (excludes halogenated alkanes) is 3. The topological polar surface area (TPSA) is 117 Å². The molecule has 1 aliphatic rings. The van der Waals surface area contributed by atoms with E-state index >= 15 is 0 Å². The standard InChI is InChI=1S/C23H30N4O6/c1-3-4-5-9-12-19(25-15-21(24-16-25)27(30)31)22(28)26-14-18(13-20(26)23(29)32-2)33-17-10-7-6-8-11-17/h6-8,10-11,15-16,18-20H,3-5,9,12-14H2,1-2H3/t18-,19?,20-/m0/s1. The van der Waals surface area contributed by atoms with Crippen LogP contribution in [0, 0.1) is 10.1 Å². The molecule has 178 valence electrons. The highest BCUT2D eigenvalue weighted by atomic mass is 16.6. The zero-order valence-electron chi connectivity index (χ0n) is 19.0. The number of nitro groups is 1. The van der Waals surface area contributed by atoms with Crippen molar-refractivity contribution in [2.75, 3.05) is 13.7 Å². The molecule has 33 heavy (non-hydrogen) atoms.